The number of pyridine rings is 1. The Bertz CT molecular complexity index is 382. The molecule has 0 bridgehead atoms. The van der Waals surface area contributed by atoms with Crippen molar-refractivity contribution < 1.29 is 9.66 Å². The lowest BCUT2D eigenvalue weighted by atomic mass is 10.1. The molecule has 0 spiro atoms. The van der Waals surface area contributed by atoms with E-state index in [4.69, 9.17) is 4.74 Å². The summed E-state index contributed by atoms with van der Waals surface area (Å²) < 4.78 is 5.09. The van der Waals surface area contributed by atoms with Crippen molar-refractivity contribution in [3.05, 3.63) is 28.4 Å². The van der Waals surface area contributed by atoms with Gasteiger partial charge in [0.15, 0.2) is 0 Å². The molecular formula is C11H17N3O3. The molecule has 0 aliphatic heterocycles. The number of nitrogens with one attached hydrogen (secondary N) is 1. The number of nitro groups is 1. The number of methoxy groups -OCH3 is 1. The Morgan fingerprint density at radius 3 is 2.82 bits per heavy atom. The normalized spacial score (nSPS) is 12.5. The predicted molar refractivity (Wildman–Crippen MR) is 65.0 cm³/mol. The molecule has 0 saturated carbocycles. The molecule has 94 valence electrons. The maximum atomic E-state index is 10.6. The van der Waals surface area contributed by atoms with E-state index >= 15 is 0 Å². The highest BCUT2D eigenvalue weighted by molar-refractivity contribution is 5.44. The topological polar surface area (TPSA) is 77.3 Å². The Morgan fingerprint density at radius 1 is 1.59 bits per heavy atom. The van der Waals surface area contributed by atoms with Crippen LogP contribution in [-0.4, -0.2) is 29.7 Å². The summed E-state index contributed by atoms with van der Waals surface area (Å²) in [5.74, 6) is 0.839. The molecule has 1 unspecified atom stereocenters. The van der Waals surface area contributed by atoms with Crippen LogP contribution in [0.2, 0.25) is 0 Å². The van der Waals surface area contributed by atoms with Crippen molar-refractivity contribution in [3.63, 3.8) is 0 Å². The van der Waals surface area contributed by atoms with E-state index < -0.39 is 4.92 Å². The van der Waals surface area contributed by atoms with Gasteiger partial charge in [-0.3, -0.25) is 10.1 Å². The van der Waals surface area contributed by atoms with E-state index in [2.05, 4.69) is 10.3 Å². The number of aromatic nitrogens is 1. The van der Waals surface area contributed by atoms with Crippen LogP contribution in [0.15, 0.2) is 18.3 Å². The number of ether oxygens (including phenoxy) is 1. The minimum Gasteiger partial charge on any atom is -0.383 e. The molecule has 1 aromatic heterocycles. The maximum Gasteiger partial charge on any atom is 0.274 e. The molecule has 1 rings (SSSR count). The van der Waals surface area contributed by atoms with Crippen LogP contribution < -0.4 is 5.32 Å². The fraction of sp³-hybridized carbons (Fsp3) is 0.545. The van der Waals surface area contributed by atoms with Crippen molar-refractivity contribution in [2.24, 2.45) is 5.92 Å². The van der Waals surface area contributed by atoms with Crippen LogP contribution in [-0.2, 0) is 4.74 Å². The van der Waals surface area contributed by atoms with E-state index in [1.807, 2.05) is 13.8 Å². The molecule has 1 atom stereocenters. The van der Waals surface area contributed by atoms with Gasteiger partial charge in [0.05, 0.1) is 23.6 Å². The van der Waals surface area contributed by atoms with Gasteiger partial charge in [-0.1, -0.05) is 13.8 Å². The number of nitrogens with zero attached hydrogens (tertiary/aromatic N) is 2. The Labute approximate surface area is 100 Å². The van der Waals surface area contributed by atoms with E-state index in [-0.39, 0.29) is 11.7 Å². The molecule has 1 N–H and O–H groups in total. The zero-order valence-corrected chi connectivity index (χ0v) is 10.2. The second-order valence-electron chi connectivity index (χ2n) is 4.11. The molecule has 6 heteroatoms. The van der Waals surface area contributed by atoms with Gasteiger partial charge in [0.1, 0.15) is 5.82 Å². The lowest BCUT2D eigenvalue weighted by Crippen LogP contribution is -2.30. The average molecular weight is 239 g/mol. The minimum atomic E-state index is -0.437. The molecule has 0 saturated heterocycles. The number of hydrogen-bond donors (Lipinski definition) is 1. The van der Waals surface area contributed by atoms with Crippen molar-refractivity contribution >= 4 is 11.5 Å². The van der Waals surface area contributed by atoms with Gasteiger partial charge in [-0.25, -0.2) is 4.98 Å². The highest BCUT2D eigenvalue weighted by atomic mass is 16.6. The zero-order chi connectivity index (χ0) is 12.8. The Hall–Kier alpha value is -1.69. The average Bonchev–Trinajstić information content (AvgIpc) is 2.28. The lowest BCUT2D eigenvalue weighted by Gasteiger charge is -2.21. The van der Waals surface area contributed by atoms with Gasteiger partial charge < -0.3 is 10.1 Å². The lowest BCUT2D eigenvalue weighted by molar-refractivity contribution is -0.384. The highest BCUT2D eigenvalue weighted by Crippen LogP contribution is 2.16. The zero-order valence-electron chi connectivity index (χ0n) is 10.2. The molecule has 1 aromatic rings. The first-order valence-electron chi connectivity index (χ1n) is 5.40. The number of hydrogen-bond acceptors (Lipinski definition) is 5. The minimum absolute atomic E-state index is 0.0300. The van der Waals surface area contributed by atoms with Gasteiger partial charge in [-0.2, -0.15) is 0 Å². The van der Waals surface area contributed by atoms with Crippen LogP contribution in [0.5, 0.6) is 0 Å². The summed E-state index contributed by atoms with van der Waals surface area (Å²) in [4.78, 5) is 14.2. The summed E-state index contributed by atoms with van der Waals surface area (Å²) in [5, 5.41) is 13.8. The summed E-state index contributed by atoms with van der Waals surface area (Å²) >= 11 is 0. The molecule has 0 amide bonds. The van der Waals surface area contributed by atoms with Crippen LogP contribution >= 0.6 is 0 Å². The van der Waals surface area contributed by atoms with E-state index in [1.165, 1.54) is 18.3 Å². The second-order valence-corrected chi connectivity index (χ2v) is 4.11. The largest absolute Gasteiger partial charge is 0.383 e. The third-order valence-corrected chi connectivity index (χ3v) is 2.44. The molecular weight excluding hydrogens is 222 g/mol. The first kappa shape index (κ1) is 13.4. The molecule has 0 aliphatic rings. The van der Waals surface area contributed by atoms with E-state index in [0.717, 1.165) is 0 Å². The fourth-order valence-corrected chi connectivity index (χ4v) is 1.38. The quantitative estimate of drug-likeness (QED) is 0.607. The van der Waals surface area contributed by atoms with Crippen molar-refractivity contribution in [1.82, 2.24) is 4.98 Å². The number of anilines is 1. The van der Waals surface area contributed by atoms with Crippen LogP contribution in [0, 0.1) is 16.0 Å². The maximum absolute atomic E-state index is 10.6. The van der Waals surface area contributed by atoms with Crippen molar-refractivity contribution in [1.29, 1.82) is 0 Å². The van der Waals surface area contributed by atoms with Crippen LogP contribution in [0.3, 0.4) is 0 Å². The van der Waals surface area contributed by atoms with Gasteiger partial charge in [0, 0.05) is 19.4 Å². The molecule has 17 heavy (non-hydrogen) atoms. The SMILES string of the molecule is COCC(Nc1cc([N+](=O)[O-])ccn1)C(C)C. The third-order valence-electron chi connectivity index (χ3n) is 2.44. The fourth-order valence-electron chi connectivity index (χ4n) is 1.38. The van der Waals surface area contributed by atoms with Crippen LogP contribution in [0.4, 0.5) is 11.5 Å². The van der Waals surface area contributed by atoms with Gasteiger partial charge in [0.2, 0.25) is 0 Å². The highest BCUT2D eigenvalue weighted by Gasteiger charge is 2.15. The summed E-state index contributed by atoms with van der Waals surface area (Å²) in [6.07, 6.45) is 1.42. The van der Waals surface area contributed by atoms with Gasteiger partial charge >= 0.3 is 0 Å². The molecule has 0 aliphatic carbocycles. The first-order chi connectivity index (χ1) is 8.04. The van der Waals surface area contributed by atoms with Crippen molar-refractivity contribution in [3.8, 4) is 0 Å². The van der Waals surface area contributed by atoms with E-state index in [9.17, 15) is 10.1 Å². The van der Waals surface area contributed by atoms with Crippen molar-refractivity contribution in [2.75, 3.05) is 19.0 Å². The summed E-state index contributed by atoms with van der Waals surface area (Å²) in [6, 6.07) is 2.87. The molecule has 6 nitrogen and oxygen atoms in total. The second kappa shape index (κ2) is 6.15. The Balaban J connectivity index is 2.78. The van der Waals surface area contributed by atoms with Crippen LogP contribution in [0.1, 0.15) is 13.8 Å². The van der Waals surface area contributed by atoms with E-state index in [1.54, 1.807) is 7.11 Å². The first-order valence-corrected chi connectivity index (χ1v) is 5.40. The van der Waals surface area contributed by atoms with Gasteiger partial charge in [0.25, 0.3) is 5.69 Å². The van der Waals surface area contributed by atoms with Gasteiger partial charge in [-0.15, -0.1) is 0 Å². The van der Waals surface area contributed by atoms with Gasteiger partial charge in [-0.05, 0) is 5.92 Å². The predicted octanol–water partition coefficient (Wildman–Crippen LogP) is 2.07. The van der Waals surface area contributed by atoms with Crippen molar-refractivity contribution in [2.45, 2.75) is 19.9 Å². The summed E-state index contributed by atoms with van der Waals surface area (Å²) in [5.41, 5.74) is 0.0300. The molecule has 1 heterocycles. The van der Waals surface area contributed by atoms with Crippen LogP contribution in [0.25, 0.3) is 0 Å². The number of rotatable bonds is 6. The van der Waals surface area contributed by atoms with E-state index in [0.29, 0.717) is 18.3 Å². The molecule has 0 aromatic carbocycles. The molecule has 0 fully saturated rings. The smallest absolute Gasteiger partial charge is 0.274 e. The summed E-state index contributed by atoms with van der Waals surface area (Å²) in [7, 11) is 1.62. The third kappa shape index (κ3) is 3.99. The monoisotopic (exact) mass is 239 g/mol. The standard InChI is InChI=1S/C11H17N3O3/c1-8(2)10(7-17-3)13-11-6-9(14(15)16)4-5-12-11/h4-6,8,10H,7H2,1-3H3,(H,12,13). The Morgan fingerprint density at radius 2 is 2.29 bits per heavy atom. The molecule has 0 radical (unpaired) electrons. The Kier molecular flexibility index (Phi) is 4.84. The summed E-state index contributed by atoms with van der Waals surface area (Å²) in [6.45, 7) is 4.63.